The average Bonchev–Trinajstić information content (AvgIpc) is 3.23. The summed E-state index contributed by atoms with van der Waals surface area (Å²) in [5, 5.41) is 14.2. The SMILES string of the molecule is Cn1cc([N+](=O)[O-])nc1CNC(c1nccn1C)c1nccn1C. The molecule has 10 heteroatoms. The lowest BCUT2D eigenvalue weighted by molar-refractivity contribution is -0.389. The van der Waals surface area contributed by atoms with Crippen LogP contribution in [0.5, 0.6) is 0 Å². The van der Waals surface area contributed by atoms with E-state index in [0.29, 0.717) is 12.4 Å². The molecule has 0 saturated carbocycles. The molecular weight excluding hydrogens is 312 g/mol. The zero-order chi connectivity index (χ0) is 17.3. The molecule has 3 rings (SSSR count). The van der Waals surface area contributed by atoms with E-state index in [2.05, 4.69) is 20.3 Å². The number of rotatable bonds is 6. The van der Waals surface area contributed by atoms with Gasteiger partial charge in [-0.1, -0.05) is 0 Å². The van der Waals surface area contributed by atoms with Crippen LogP contribution in [0, 0.1) is 10.1 Å². The number of hydrogen-bond donors (Lipinski definition) is 1. The van der Waals surface area contributed by atoms with Crippen molar-refractivity contribution in [2.45, 2.75) is 12.6 Å². The highest BCUT2D eigenvalue weighted by molar-refractivity contribution is 5.18. The molecule has 0 aliphatic heterocycles. The smallest absolute Gasteiger partial charge is 0.358 e. The first kappa shape index (κ1) is 15.9. The van der Waals surface area contributed by atoms with E-state index in [4.69, 9.17) is 0 Å². The molecule has 0 saturated heterocycles. The van der Waals surface area contributed by atoms with E-state index in [0.717, 1.165) is 11.6 Å². The Balaban J connectivity index is 1.87. The molecule has 0 aliphatic rings. The second-order valence-corrected chi connectivity index (χ2v) is 5.49. The molecule has 0 amide bonds. The third-order valence-corrected chi connectivity index (χ3v) is 3.84. The normalized spacial score (nSPS) is 11.3. The molecule has 0 unspecified atom stereocenters. The fraction of sp³-hybridized carbons (Fsp3) is 0.357. The van der Waals surface area contributed by atoms with Gasteiger partial charge < -0.3 is 23.8 Å². The van der Waals surface area contributed by atoms with Crippen LogP contribution in [0.1, 0.15) is 23.5 Å². The van der Waals surface area contributed by atoms with Gasteiger partial charge in [-0.15, -0.1) is 0 Å². The Hall–Kier alpha value is -3.01. The predicted molar refractivity (Wildman–Crippen MR) is 85.0 cm³/mol. The summed E-state index contributed by atoms with van der Waals surface area (Å²) < 4.78 is 5.46. The minimum absolute atomic E-state index is 0.167. The van der Waals surface area contributed by atoms with Crippen molar-refractivity contribution in [3.05, 3.63) is 58.6 Å². The number of imidazole rings is 3. The summed E-state index contributed by atoms with van der Waals surface area (Å²) >= 11 is 0. The second kappa shape index (κ2) is 6.24. The lowest BCUT2D eigenvalue weighted by Gasteiger charge is -2.17. The molecule has 0 aromatic carbocycles. The van der Waals surface area contributed by atoms with Gasteiger partial charge in [0.25, 0.3) is 0 Å². The van der Waals surface area contributed by atoms with Crippen molar-refractivity contribution in [3.63, 3.8) is 0 Å². The third kappa shape index (κ3) is 2.91. The van der Waals surface area contributed by atoms with Crippen LogP contribution in [-0.4, -0.2) is 33.6 Å². The molecule has 0 bridgehead atoms. The zero-order valence-corrected chi connectivity index (χ0v) is 13.6. The number of aromatic nitrogens is 6. The summed E-state index contributed by atoms with van der Waals surface area (Å²) in [6, 6.07) is -0.263. The number of nitro groups is 1. The molecule has 0 radical (unpaired) electrons. The fourth-order valence-electron chi connectivity index (χ4n) is 2.54. The van der Waals surface area contributed by atoms with Crippen molar-refractivity contribution in [2.75, 3.05) is 0 Å². The Morgan fingerprint density at radius 1 is 1.12 bits per heavy atom. The number of hydrogen-bond acceptors (Lipinski definition) is 6. The summed E-state index contributed by atoms with van der Waals surface area (Å²) in [5.74, 6) is 2.00. The van der Waals surface area contributed by atoms with Gasteiger partial charge in [0.2, 0.25) is 5.82 Å². The Morgan fingerprint density at radius 3 is 2.12 bits per heavy atom. The molecule has 1 N–H and O–H groups in total. The maximum Gasteiger partial charge on any atom is 0.381 e. The Labute approximate surface area is 137 Å². The molecule has 0 atom stereocenters. The number of nitrogens with zero attached hydrogens (tertiary/aromatic N) is 7. The summed E-state index contributed by atoms with van der Waals surface area (Å²) in [6.45, 7) is 0.342. The lowest BCUT2D eigenvalue weighted by Crippen LogP contribution is -2.28. The van der Waals surface area contributed by atoms with Crippen LogP contribution in [0.25, 0.3) is 0 Å². The van der Waals surface area contributed by atoms with Gasteiger partial charge in [0.15, 0.2) is 0 Å². The highest BCUT2D eigenvalue weighted by Gasteiger charge is 2.24. The van der Waals surface area contributed by atoms with Crippen LogP contribution in [0.15, 0.2) is 31.0 Å². The molecule has 3 heterocycles. The summed E-state index contributed by atoms with van der Waals surface area (Å²) in [7, 11) is 5.55. The van der Waals surface area contributed by atoms with E-state index in [1.807, 2.05) is 35.6 Å². The van der Waals surface area contributed by atoms with Crippen molar-refractivity contribution < 1.29 is 4.92 Å². The molecule has 126 valence electrons. The van der Waals surface area contributed by atoms with Gasteiger partial charge in [-0.05, 0) is 9.91 Å². The topological polar surface area (TPSA) is 109 Å². The van der Waals surface area contributed by atoms with E-state index in [-0.39, 0.29) is 11.9 Å². The summed E-state index contributed by atoms with van der Waals surface area (Å²) in [4.78, 5) is 23.2. The quantitative estimate of drug-likeness (QED) is 0.526. The van der Waals surface area contributed by atoms with Crippen molar-refractivity contribution in [1.82, 2.24) is 34.0 Å². The summed E-state index contributed by atoms with van der Waals surface area (Å²) in [6.07, 6.45) is 8.56. The average molecular weight is 330 g/mol. The van der Waals surface area contributed by atoms with Gasteiger partial charge in [-0.25, -0.2) is 9.97 Å². The first-order valence-corrected chi connectivity index (χ1v) is 7.32. The summed E-state index contributed by atoms with van der Waals surface area (Å²) in [5.41, 5.74) is 0. The van der Waals surface area contributed by atoms with Crippen molar-refractivity contribution in [2.24, 2.45) is 21.1 Å². The number of aryl methyl sites for hydroxylation is 3. The van der Waals surface area contributed by atoms with Crippen molar-refractivity contribution in [1.29, 1.82) is 0 Å². The van der Waals surface area contributed by atoms with Gasteiger partial charge in [-0.2, -0.15) is 0 Å². The van der Waals surface area contributed by atoms with Crippen molar-refractivity contribution >= 4 is 5.82 Å². The van der Waals surface area contributed by atoms with E-state index in [9.17, 15) is 10.1 Å². The van der Waals surface area contributed by atoms with Crippen LogP contribution in [0.2, 0.25) is 0 Å². The first-order chi connectivity index (χ1) is 11.5. The predicted octanol–water partition coefficient (Wildman–Crippen LogP) is 0.674. The van der Waals surface area contributed by atoms with Gasteiger partial charge in [-0.3, -0.25) is 5.32 Å². The van der Waals surface area contributed by atoms with Crippen LogP contribution < -0.4 is 5.32 Å². The van der Waals surface area contributed by atoms with Gasteiger partial charge in [0.05, 0.1) is 6.54 Å². The van der Waals surface area contributed by atoms with Gasteiger partial charge in [0.1, 0.15) is 23.9 Å². The van der Waals surface area contributed by atoms with Gasteiger partial charge in [0, 0.05) is 45.9 Å². The van der Waals surface area contributed by atoms with Crippen LogP contribution in [0.3, 0.4) is 0 Å². The fourth-order valence-corrected chi connectivity index (χ4v) is 2.54. The van der Waals surface area contributed by atoms with E-state index < -0.39 is 4.92 Å². The standard InChI is InChI=1S/C14H18N8O2/c1-19-6-4-15-13(19)12(14-16-5-7-20(14)2)17-8-10-18-11(22(23)24)9-21(10)3/h4-7,9,12,17H,8H2,1-3H3. The maximum atomic E-state index is 10.9. The largest absolute Gasteiger partial charge is 0.381 e. The molecule has 0 aliphatic carbocycles. The minimum atomic E-state index is -0.502. The lowest BCUT2D eigenvalue weighted by atomic mass is 10.2. The van der Waals surface area contributed by atoms with Crippen LogP contribution in [-0.2, 0) is 27.7 Å². The van der Waals surface area contributed by atoms with Gasteiger partial charge >= 0.3 is 5.82 Å². The Kier molecular flexibility index (Phi) is 4.13. The Morgan fingerprint density at radius 2 is 1.71 bits per heavy atom. The van der Waals surface area contributed by atoms with Crippen molar-refractivity contribution in [3.8, 4) is 0 Å². The van der Waals surface area contributed by atoms with E-state index in [1.54, 1.807) is 24.0 Å². The molecule has 3 aromatic heterocycles. The monoisotopic (exact) mass is 330 g/mol. The molecule has 24 heavy (non-hydrogen) atoms. The van der Waals surface area contributed by atoms with E-state index >= 15 is 0 Å². The zero-order valence-electron chi connectivity index (χ0n) is 13.6. The first-order valence-electron chi connectivity index (χ1n) is 7.32. The van der Waals surface area contributed by atoms with Crippen LogP contribution >= 0.6 is 0 Å². The second-order valence-electron chi connectivity index (χ2n) is 5.49. The Bertz CT molecular complexity index is 822. The molecule has 0 spiro atoms. The molecular formula is C14H18N8O2. The van der Waals surface area contributed by atoms with E-state index in [1.165, 1.54) is 6.20 Å². The van der Waals surface area contributed by atoms with Crippen LogP contribution in [0.4, 0.5) is 5.82 Å². The third-order valence-electron chi connectivity index (χ3n) is 3.84. The highest BCUT2D eigenvalue weighted by Crippen LogP contribution is 2.19. The highest BCUT2D eigenvalue weighted by atomic mass is 16.6. The number of nitrogens with one attached hydrogen (secondary N) is 1. The minimum Gasteiger partial charge on any atom is -0.358 e. The molecule has 0 fully saturated rings. The molecule has 10 nitrogen and oxygen atoms in total. The molecule has 3 aromatic rings. The maximum absolute atomic E-state index is 10.9.